The van der Waals surface area contributed by atoms with E-state index in [9.17, 15) is 13.7 Å². The van der Waals surface area contributed by atoms with Gasteiger partial charge in [0.25, 0.3) is 0 Å². The molecule has 4 rings (SSSR count). The lowest BCUT2D eigenvalue weighted by Crippen LogP contribution is -2.49. The molecule has 148 valence electrons. The predicted molar refractivity (Wildman–Crippen MR) is 105 cm³/mol. The number of piperazine rings is 1. The lowest BCUT2D eigenvalue weighted by atomic mass is 10.2. The highest BCUT2D eigenvalue weighted by atomic mass is 32.2. The lowest BCUT2D eigenvalue weighted by molar-refractivity contribution is 0.136. The second-order valence-electron chi connectivity index (χ2n) is 6.62. The Bertz CT molecular complexity index is 1130. The van der Waals surface area contributed by atoms with E-state index in [-0.39, 0.29) is 10.5 Å². The van der Waals surface area contributed by atoms with Gasteiger partial charge in [0.2, 0.25) is 15.8 Å². The Hall–Kier alpha value is -3.13. The Kier molecular flexibility index (Phi) is 5.35. The zero-order chi connectivity index (χ0) is 20.3. The van der Waals surface area contributed by atoms with Crippen LogP contribution in [0.25, 0.3) is 11.4 Å². The summed E-state index contributed by atoms with van der Waals surface area (Å²) in [5.41, 5.74) is 1.06. The van der Waals surface area contributed by atoms with Crippen LogP contribution in [0.2, 0.25) is 0 Å². The number of aromatic nitrogens is 4. The normalized spacial score (nSPS) is 15.8. The molecule has 1 aliphatic rings. The SMILES string of the molecule is N#Cc1ccccc1S(=O)(=O)N1CCN(Cn2nnc(-c3ccccc3)n2)CC1. The summed E-state index contributed by atoms with van der Waals surface area (Å²) in [5.74, 6) is 0.555. The van der Waals surface area contributed by atoms with E-state index in [0.717, 1.165) is 5.56 Å². The monoisotopic (exact) mass is 409 g/mol. The van der Waals surface area contributed by atoms with Gasteiger partial charge in [-0.2, -0.15) is 9.57 Å². The summed E-state index contributed by atoms with van der Waals surface area (Å²) in [4.78, 5) is 3.64. The van der Waals surface area contributed by atoms with E-state index in [1.54, 1.807) is 12.1 Å². The number of nitrogens with zero attached hydrogens (tertiary/aromatic N) is 7. The van der Waals surface area contributed by atoms with Gasteiger partial charge in [-0.15, -0.1) is 15.0 Å². The molecule has 0 spiro atoms. The van der Waals surface area contributed by atoms with Crippen LogP contribution in [0.1, 0.15) is 5.56 Å². The largest absolute Gasteiger partial charge is 0.280 e. The maximum absolute atomic E-state index is 12.9. The lowest BCUT2D eigenvalue weighted by Gasteiger charge is -2.33. The summed E-state index contributed by atoms with van der Waals surface area (Å²) < 4.78 is 27.2. The number of benzene rings is 2. The van der Waals surface area contributed by atoms with Crippen molar-refractivity contribution < 1.29 is 8.42 Å². The van der Waals surface area contributed by atoms with Crippen molar-refractivity contribution in [2.24, 2.45) is 0 Å². The number of hydrogen-bond acceptors (Lipinski definition) is 7. The van der Waals surface area contributed by atoms with Crippen LogP contribution in [0.5, 0.6) is 0 Å². The molecule has 0 atom stereocenters. The average molecular weight is 409 g/mol. The van der Waals surface area contributed by atoms with Crippen LogP contribution in [-0.4, -0.2) is 64.0 Å². The van der Waals surface area contributed by atoms with Crippen molar-refractivity contribution in [3.63, 3.8) is 0 Å². The van der Waals surface area contributed by atoms with E-state index in [4.69, 9.17) is 0 Å². The number of nitriles is 1. The molecule has 2 heterocycles. The van der Waals surface area contributed by atoms with Crippen LogP contribution in [0.3, 0.4) is 0 Å². The molecular weight excluding hydrogens is 390 g/mol. The molecule has 3 aromatic rings. The van der Waals surface area contributed by atoms with Crippen LogP contribution in [-0.2, 0) is 16.7 Å². The molecule has 1 aromatic heterocycles. The minimum absolute atomic E-state index is 0.0568. The van der Waals surface area contributed by atoms with Gasteiger partial charge >= 0.3 is 0 Å². The Morgan fingerprint density at radius 1 is 0.966 bits per heavy atom. The van der Waals surface area contributed by atoms with Gasteiger partial charge < -0.3 is 0 Å². The van der Waals surface area contributed by atoms with Crippen molar-refractivity contribution in [2.45, 2.75) is 11.6 Å². The molecule has 0 saturated carbocycles. The molecule has 1 aliphatic heterocycles. The molecule has 0 amide bonds. The smallest absolute Gasteiger partial charge is 0.244 e. The molecule has 9 nitrogen and oxygen atoms in total. The third-order valence-electron chi connectivity index (χ3n) is 4.77. The average Bonchev–Trinajstić information content (AvgIpc) is 3.23. The number of hydrogen-bond donors (Lipinski definition) is 0. The van der Waals surface area contributed by atoms with Gasteiger partial charge in [-0.25, -0.2) is 8.42 Å². The molecule has 0 aliphatic carbocycles. The maximum Gasteiger partial charge on any atom is 0.244 e. The number of tetrazole rings is 1. The first-order chi connectivity index (χ1) is 14.1. The standard InChI is InChI=1S/C19H19N7O2S/c20-14-17-8-4-5-9-18(17)29(27,28)25-12-10-24(11-13-25)15-26-22-19(21-23-26)16-6-2-1-3-7-16/h1-9H,10-13,15H2. The van der Waals surface area contributed by atoms with E-state index in [2.05, 4.69) is 20.3 Å². The Labute approximate surface area is 168 Å². The van der Waals surface area contributed by atoms with E-state index >= 15 is 0 Å². The van der Waals surface area contributed by atoms with Crippen LogP contribution >= 0.6 is 0 Å². The molecule has 1 fully saturated rings. The Morgan fingerprint density at radius 2 is 1.66 bits per heavy atom. The third kappa shape index (κ3) is 4.02. The first-order valence-corrected chi connectivity index (χ1v) is 10.6. The van der Waals surface area contributed by atoms with E-state index in [1.165, 1.54) is 21.2 Å². The molecule has 1 saturated heterocycles. The highest BCUT2D eigenvalue weighted by Crippen LogP contribution is 2.21. The maximum atomic E-state index is 12.9. The molecule has 0 unspecified atom stereocenters. The van der Waals surface area contributed by atoms with E-state index in [0.29, 0.717) is 38.7 Å². The Morgan fingerprint density at radius 3 is 2.38 bits per heavy atom. The first-order valence-electron chi connectivity index (χ1n) is 9.13. The van der Waals surface area contributed by atoms with E-state index < -0.39 is 10.0 Å². The van der Waals surface area contributed by atoms with Gasteiger partial charge in [0.1, 0.15) is 12.7 Å². The quantitative estimate of drug-likeness (QED) is 0.622. The zero-order valence-electron chi connectivity index (χ0n) is 15.6. The molecule has 29 heavy (non-hydrogen) atoms. The summed E-state index contributed by atoms with van der Waals surface area (Å²) in [6.45, 7) is 2.18. The van der Waals surface area contributed by atoms with Crippen molar-refractivity contribution >= 4 is 10.0 Å². The van der Waals surface area contributed by atoms with Crippen molar-refractivity contribution in [2.75, 3.05) is 26.2 Å². The minimum Gasteiger partial charge on any atom is -0.280 e. The fourth-order valence-corrected chi connectivity index (χ4v) is 4.78. The van der Waals surface area contributed by atoms with Crippen molar-refractivity contribution in [3.8, 4) is 17.5 Å². The second kappa shape index (κ2) is 8.08. The highest BCUT2D eigenvalue weighted by Gasteiger charge is 2.30. The fraction of sp³-hybridized carbons (Fsp3) is 0.263. The third-order valence-corrected chi connectivity index (χ3v) is 6.72. The molecule has 10 heteroatoms. The molecule has 0 radical (unpaired) electrons. The minimum atomic E-state index is -3.70. The molecule has 0 bridgehead atoms. The zero-order valence-corrected chi connectivity index (χ0v) is 16.4. The van der Waals surface area contributed by atoms with Gasteiger partial charge in [-0.1, -0.05) is 42.5 Å². The van der Waals surface area contributed by atoms with Gasteiger partial charge in [0.05, 0.1) is 10.5 Å². The summed E-state index contributed by atoms with van der Waals surface area (Å²) in [6.07, 6.45) is 0. The van der Waals surface area contributed by atoms with Crippen molar-refractivity contribution in [3.05, 3.63) is 60.2 Å². The van der Waals surface area contributed by atoms with Crippen LogP contribution in [0.15, 0.2) is 59.5 Å². The van der Waals surface area contributed by atoms with Gasteiger partial charge in [-0.3, -0.25) is 4.90 Å². The van der Waals surface area contributed by atoms with E-state index in [1.807, 2.05) is 36.4 Å². The second-order valence-corrected chi connectivity index (χ2v) is 8.53. The van der Waals surface area contributed by atoms with Gasteiger partial charge in [-0.05, 0) is 17.3 Å². The Balaban J connectivity index is 1.40. The predicted octanol–water partition coefficient (Wildman–Crippen LogP) is 1.18. The topological polar surface area (TPSA) is 108 Å². The van der Waals surface area contributed by atoms with Crippen molar-refractivity contribution in [1.82, 2.24) is 29.4 Å². The number of sulfonamides is 1. The van der Waals surface area contributed by atoms with Crippen molar-refractivity contribution in [1.29, 1.82) is 5.26 Å². The summed E-state index contributed by atoms with van der Waals surface area (Å²) in [5, 5.41) is 21.8. The number of rotatable bonds is 5. The summed E-state index contributed by atoms with van der Waals surface area (Å²) in [6, 6.07) is 17.8. The first kappa shape index (κ1) is 19.2. The van der Waals surface area contributed by atoms with Crippen LogP contribution in [0, 0.1) is 11.3 Å². The van der Waals surface area contributed by atoms with Gasteiger partial charge in [0.15, 0.2) is 0 Å². The molecule has 0 N–H and O–H groups in total. The molecular formula is C19H19N7O2S. The van der Waals surface area contributed by atoms with Gasteiger partial charge in [0, 0.05) is 31.7 Å². The van der Waals surface area contributed by atoms with Crippen LogP contribution in [0.4, 0.5) is 0 Å². The van der Waals surface area contributed by atoms with Crippen LogP contribution < -0.4 is 0 Å². The summed E-state index contributed by atoms with van der Waals surface area (Å²) in [7, 11) is -3.70. The fourth-order valence-electron chi connectivity index (χ4n) is 3.22. The summed E-state index contributed by atoms with van der Waals surface area (Å²) >= 11 is 0. The highest BCUT2D eigenvalue weighted by molar-refractivity contribution is 7.89. The molecule has 2 aromatic carbocycles.